The second kappa shape index (κ2) is 3.31. The zero-order valence-corrected chi connectivity index (χ0v) is 8.99. The molecule has 0 aliphatic heterocycles. The van der Waals surface area contributed by atoms with Crippen molar-refractivity contribution < 1.29 is 0 Å². The number of aromatic nitrogens is 2. The highest BCUT2D eigenvalue weighted by molar-refractivity contribution is 5.07. The lowest BCUT2D eigenvalue weighted by atomic mass is 10.1. The maximum atomic E-state index is 4.28. The molecule has 0 bridgehead atoms. The van der Waals surface area contributed by atoms with Gasteiger partial charge >= 0.3 is 0 Å². The molecule has 2 rings (SSSR count). The first-order valence-corrected chi connectivity index (χ1v) is 5.11. The topological polar surface area (TPSA) is 37.8 Å². The average molecular weight is 191 g/mol. The van der Waals surface area contributed by atoms with Crippen LogP contribution >= 0.6 is 0 Å². The van der Waals surface area contributed by atoms with E-state index < -0.39 is 0 Å². The molecule has 14 heavy (non-hydrogen) atoms. The van der Waals surface area contributed by atoms with Gasteiger partial charge in [0.2, 0.25) is 0 Å². The first-order valence-electron chi connectivity index (χ1n) is 5.11. The van der Waals surface area contributed by atoms with Gasteiger partial charge in [-0.1, -0.05) is 13.8 Å². The van der Waals surface area contributed by atoms with Crippen LogP contribution in [0.5, 0.6) is 0 Å². The number of hydrogen-bond donors (Lipinski definition) is 1. The van der Waals surface area contributed by atoms with Gasteiger partial charge in [0.05, 0.1) is 5.69 Å². The molecule has 0 saturated heterocycles. The highest BCUT2D eigenvalue weighted by Gasteiger charge is 2.45. The van der Waals surface area contributed by atoms with Crippen LogP contribution in [0.4, 0.5) is 0 Å². The fourth-order valence-electron chi connectivity index (χ4n) is 1.67. The Morgan fingerprint density at radius 1 is 1.50 bits per heavy atom. The van der Waals surface area contributed by atoms with Crippen LogP contribution in [0.3, 0.4) is 0 Å². The Labute approximate surface area is 85.0 Å². The number of nitrogens with zero attached hydrogens (tertiary/aromatic N) is 2. The van der Waals surface area contributed by atoms with Crippen LogP contribution in [-0.2, 0) is 0 Å². The monoisotopic (exact) mass is 191 g/mol. The van der Waals surface area contributed by atoms with Crippen molar-refractivity contribution in [1.29, 1.82) is 0 Å². The Kier molecular flexibility index (Phi) is 2.27. The molecule has 0 amide bonds. The lowest BCUT2D eigenvalue weighted by molar-refractivity contribution is 0.484. The molecule has 76 valence electrons. The van der Waals surface area contributed by atoms with Gasteiger partial charge in [0, 0.05) is 30.7 Å². The normalized spacial score (nSPS) is 25.8. The molecule has 1 aromatic rings. The first kappa shape index (κ1) is 9.59. The molecule has 0 spiro atoms. The third kappa shape index (κ3) is 1.93. The van der Waals surface area contributed by atoms with Crippen molar-refractivity contribution in [3.05, 3.63) is 24.3 Å². The van der Waals surface area contributed by atoms with Gasteiger partial charge in [-0.05, 0) is 18.8 Å². The van der Waals surface area contributed by atoms with Gasteiger partial charge < -0.3 is 5.32 Å². The fraction of sp³-hybridized carbons (Fsp3) is 0.636. The van der Waals surface area contributed by atoms with Gasteiger partial charge in [-0.15, -0.1) is 0 Å². The minimum atomic E-state index is 0.301. The van der Waals surface area contributed by atoms with E-state index in [1.807, 2.05) is 6.20 Å². The summed E-state index contributed by atoms with van der Waals surface area (Å²) in [5.74, 6) is 0. The van der Waals surface area contributed by atoms with Crippen molar-refractivity contribution in [2.45, 2.75) is 39.3 Å². The van der Waals surface area contributed by atoms with Crippen LogP contribution in [0, 0.1) is 5.41 Å². The van der Waals surface area contributed by atoms with E-state index in [9.17, 15) is 0 Å². The van der Waals surface area contributed by atoms with E-state index in [-0.39, 0.29) is 0 Å². The van der Waals surface area contributed by atoms with E-state index in [0.717, 1.165) is 5.69 Å². The van der Waals surface area contributed by atoms with Crippen molar-refractivity contribution in [3.8, 4) is 0 Å². The van der Waals surface area contributed by atoms with E-state index in [4.69, 9.17) is 0 Å². The van der Waals surface area contributed by atoms with E-state index in [1.165, 1.54) is 6.42 Å². The Morgan fingerprint density at radius 2 is 2.21 bits per heavy atom. The van der Waals surface area contributed by atoms with Gasteiger partial charge in [0.1, 0.15) is 0 Å². The summed E-state index contributed by atoms with van der Waals surface area (Å²) in [7, 11) is 0. The van der Waals surface area contributed by atoms with Crippen molar-refractivity contribution in [3.63, 3.8) is 0 Å². The molecule has 1 fully saturated rings. The van der Waals surface area contributed by atoms with Crippen molar-refractivity contribution in [1.82, 2.24) is 15.3 Å². The average Bonchev–Trinajstić information content (AvgIpc) is 2.75. The molecule has 2 unspecified atom stereocenters. The van der Waals surface area contributed by atoms with Crippen LogP contribution in [0.1, 0.15) is 38.9 Å². The summed E-state index contributed by atoms with van der Waals surface area (Å²) in [5.41, 5.74) is 1.49. The molecule has 1 N–H and O–H groups in total. The highest BCUT2D eigenvalue weighted by atomic mass is 15.0. The van der Waals surface area contributed by atoms with E-state index in [2.05, 4.69) is 36.1 Å². The second-order valence-electron chi connectivity index (χ2n) is 4.76. The van der Waals surface area contributed by atoms with Gasteiger partial charge in [0.25, 0.3) is 0 Å². The van der Waals surface area contributed by atoms with Crippen molar-refractivity contribution in [2.75, 3.05) is 0 Å². The van der Waals surface area contributed by atoms with E-state index in [0.29, 0.717) is 17.5 Å². The number of nitrogens with one attached hydrogen (secondary N) is 1. The molecule has 1 aromatic heterocycles. The van der Waals surface area contributed by atoms with Crippen LogP contribution < -0.4 is 5.32 Å². The summed E-state index contributed by atoms with van der Waals surface area (Å²) >= 11 is 0. The lowest BCUT2D eigenvalue weighted by Crippen LogP contribution is -2.24. The molecule has 0 radical (unpaired) electrons. The molecule has 1 heterocycles. The molecule has 3 nitrogen and oxygen atoms in total. The predicted octanol–water partition coefficient (Wildman–Crippen LogP) is 1.93. The SMILES string of the molecule is CC(NC1CC1(C)C)c1cnccn1. The molecular weight excluding hydrogens is 174 g/mol. The molecule has 1 saturated carbocycles. The zero-order valence-electron chi connectivity index (χ0n) is 8.99. The number of rotatable bonds is 3. The molecular formula is C11H17N3. The summed E-state index contributed by atoms with van der Waals surface area (Å²) in [6.07, 6.45) is 6.54. The lowest BCUT2D eigenvalue weighted by Gasteiger charge is -2.13. The smallest absolute Gasteiger partial charge is 0.0753 e. The molecule has 2 atom stereocenters. The van der Waals surface area contributed by atoms with Gasteiger partial charge in [-0.25, -0.2) is 0 Å². The molecule has 1 aliphatic carbocycles. The van der Waals surface area contributed by atoms with Crippen LogP contribution in [-0.4, -0.2) is 16.0 Å². The van der Waals surface area contributed by atoms with Gasteiger partial charge in [-0.2, -0.15) is 0 Å². The van der Waals surface area contributed by atoms with Crippen molar-refractivity contribution >= 4 is 0 Å². The summed E-state index contributed by atoms with van der Waals surface area (Å²) in [6.45, 7) is 6.71. The summed E-state index contributed by atoms with van der Waals surface area (Å²) in [5, 5.41) is 3.56. The van der Waals surface area contributed by atoms with E-state index >= 15 is 0 Å². The Balaban J connectivity index is 1.94. The maximum absolute atomic E-state index is 4.28. The molecule has 1 aliphatic rings. The Bertz CT molecular complexity index is 308. The summed E-state index contributed by atoms with van der Waals surface area (Å²) in [4.78, 5) is 8.35. The second-order valence-corrected chi connectivity index (χ2v) is 4.76. The van der Waals surface area contributed by atoms with Crippen LogP contribution in [0.15, 0.2) is 18.6 Å². The van der Waals surface area contributed by atoms with Crippen LogP contribution in [0.2, 0.25) is 0 Å². The first-order chi connectivity index (χ1) is 6.59. The van der Waals surface area contributed by atoms with Gasteiger partial charge in [0.15, 0.2) is 0 Å². The van der Waals surface area contributed by atoms with Crippen molar-refractivity contribution in [2.24, 2.45) is 5.41 Å². The zero-order chi connectivity index (χ0) is 10.2. The largest absolute Gasteiger partial charge is 0.305 e. The van der Waals surface area contributed by atoms with Crippen LogP contribution in [0.25, 0.3) is 0 Å². The molecule has 0 aromatic carbocycles. The standard InChI is InChI=1S/C11H17N3/c1-8(9-7-12-4-5-13-9)14-10-6-11(10,2)3/h4-5,7-8,10,14H,6H2,1-3H3. The van der Waals surface area contributed by atoms with Gasteiger partial charge in [-0.3, -0.25) is 9.97 Å². The fourth-order valence-corrected chi connectivity index (χ4v) is 1.67. The third-order valence-corrected chi connectivity index (χ3v) is 2.99. The summed E-state index contributed by atoms with van der Waals surface area (Å²) < 4.78 is 0. The Hall–Kier alpha value is -0.960. The quantitative estimate of drug-likeness (QED) is 0.793. The molecule has 3 heteroatoms. The highest BCUT2D eigenvalue weighted by Crippen LogP contribution is 2.45. The maximum Gasteiger partial charge on any atom is 0.0753 e. The minimum absolute atomic E-state index is 0.301. The summed E-state index contributed by atoms with van der Waals surface area (Å²) in [6, 6.07) is 0.940. The van der Waals surface area contributed by atoms with E-state index in [1.54, 1.807) is 12.4 Å². The minimum Gasteiger partial charge on any atom is -0.305 e. The third-order valence-electron chi connectivity index (χ3n) is 2.99. The predicted molar refractivity (Wildman–Crippen MR) is 55.8 cm³/mol. The Morgan fingerprint density at radius 3 is 2.71 bits per heavy atom. The number of hydrogen-bond acceptors (Lipinski definition) is 3.